The Bertz CT molecular complexity index is 1230. The second-order valence-corrected chi connectivity index (χ2v) is 10.3. The Labute approximate surface area is 241 Å². The first kappa shape index (κ1) is 31.4. The molecule has 40 heavy (non-hydrogen) atoms. The van der Waals surface area contributed by atoms with Crippen molar-refractivity contribution in [2.24, 2.45) is 16.6 Å². The molecule has 2 aromatic carbocycles. The van der Waals surface area contributed by atoms with Crippen LogP contribution in [0.25, 0.3) is 0 Å². The Morgan fingerprint density at radius 1 is 1.23 bits per heavy atom. The Kier molecular flexibility index (Phi) is 11.8. The van der Waals surface area contributed by atoms with Crippen molar-refractivity contribution in [1.29, 1.82) is 0 Å². The number of phenols is 1. The summed E-state index contributed by atoms with van der Waals surface area (Å²) in [6.45, 7) is -1.07. The number of alkyl halides is 1. The normalized spacial score (nSPS) is 16.5. The fourth-order valence-electron chi connectivity index (χ4n) is 4.73. The van der Waals surface area contributed by atoms with E-state index in [4.69, 9.17) is 28.9 Å². The first-order chi connectivity index (χ1) is 19.1. The van der Waals surface area contributed by atoms with Gasteiger partial charge in [-0.1, -0.05) is 35.3 Å². The molecule has 0 fully saturated rings. The summed E-state index contributed by atoms with van der Waals surface area (Å²) in [4.78, 5) is 28.8. The highest BCUT2D eigenvalue weighted by Crippen LogP contribution is 2.39. The lowest BCUT2D eigenvalue weighted by molar-refractivity contribution is -0.139. The number of rotatable bonds is 12. The maximum absolute atomic E-state index is 13.1. The number of aliphatic hydroxyl groups excluding tert-OH is 1. The van der Waals surface area contributed by atoms with Crippen LogP contribution in [0.1, 0.15) is 52.4 Å². The zero-order valence-corrected chi connectivity index (χ0v) is 23.3. The monoisotopic (exact) mass is 597 g/mol. The van der Waals surface area contributed by atoms with Gasteiger partial charge >= 0.3 is 5.97 Å². The van der Waals surface area contributed by atoms with Gasteiger partial charge < -0.3 is 37.0 Å². The minimum absolute atomic E-state index is 0.00232. The molecule has 0 aromatic heterocycles. The van der Waals surface area contributed by atoms with Crippen molar-refractivity contribution in [1.82, 2.24) is 16.0 Å². The summed E-state index contributed by atoms with van der Waals surface area (Å²) < 4.78 is 12.5. The number of nitrogens with zero attached hydrogens (tertiary/aromatic N) is 1. The van der Waals surface area contributed by atoms with Gasteiger partial charge in [0.1, 0.15) is 18.5 Å². The molecule has 8 N–H and O–H groups in total. The number of amides is 1. The van der Waals surface area contributed by atoms with Crippen molar-refractivity contribution < 1.29 is 29.3 Å². The molecule has 0 saturated carbocycles. The fourth-order valence-corrected chi connectivity index (χ4v) is 5.49. The molecule has 1 aliphatic carbocycles. The number of halogens is 3. The largest absolute Gasteiger partial charge is 0.508 e. The summed E-state index contributed by atoms with van der Waals surface area (Å²) in [7, 11) is 0. The van der Waals surface area contributed by atoms with Crippen LogP contribution in [-0.2, 0) is 17.6 Å². The minimum Gasteiger partial charge on any atom is -0.508 e. The lowest BCUT2D eigenvalue weighted by atomic mass is 9.80. The lowest BCUT2D eigenvalue weighted by Crippen LogP contribution is -2.51. The summed E-state index contributed by atoms with van der Waals surface area (Å²) in [5.74, 6) is -1.57. The molecular weight excluding hydrogens is 564 g/mol. The zero-order chi connectivity index (χ0) is 29.2. The number of carboxylic acids is 1. The van der Waals surface area contributed by atoms with Gasteiger partial charge in [-0.05, 0) is 72.9 Å². The molecule has 218 valence electrons. The standard InChI is InChI=1S/C27H34Cl2FN5O5/c28-20-12-17-10-15(5-7-22(37)16-2-1-3-18(36)11-16)4-6-19(17)24(29)23(20)25(38)35-21(26(39)40)13-33-27(34-14-31)32-9-8-30/h1-3,11-12,15,21-22,36-37H,4-10,13-14,31H2,(H,35,38)(H,39,40)(H2,32,33,34)/t15?,21-,22?/m0/s1. The number of phenolic OH excluding ortho intramolecular Hbond substituents is 1. The van der Waals surface area contributed by atoms with Crippen molar-refractivity contribution in [2.75, 3.05) is 26.4 Å². The van der Waals surface area contributed by atoms with Gasteiger partial charge in [-0.25, -0.2) is 14.2 Å². The van der Waals surface area contributed by atoms with E-state index >= 15 is 0 Å². The Hall–Kier alpha value is -3.12. The number of aromatic hydroxyl groups is 1. The number of guanidine groups is 1. The maximum Gasteiger partial charge on any atom is 0.328 e. The molecule has 13 heteroatoms. The predicted octanol–water partition coefficient (Wildman–Crippen LogP) is 2.92. The smallest absolute Gasteiger partial charge is 0.328 e. The number of carbonyl (C=O) groups is 2. The molecule has 1 aliphatic rings. The highest BCUT2D eigenvalue weighted by atomic mass is 35.5. The second kappa shape index (κ2) is 15.0. The Balaban J connectivity index is 1.66. The van der Waals surface area contributed by atoms with E-state index in [1.807, 2.05) is 0 Å². The quantitative estimate of drug-likeness (QED) is 0.145. The minimum atomic E-state index is -1.37. The van der Waals surface area contributed by atoms with Crippen molar-refractivity contribution >= 4 is 41.0 Å². The maximum atomic E-state index is 13.1. The van der Waals surface area contributed by atoms with Crippen LogP contribution in [-0.4, -0.2) is 65.6 Å². The van der Waals surface area contributed by atoms with E-state index in [0.717, 1.165) is 24.0 Å². The third-order valence-corrected chi connectivity index (χ3v) is 7.48. The average molecular weight is 599 g/mol. The third-order valence-electron chi connectivity index (χ3n) is 6.77. The van der Waals surface area contributed by atoms with Crippen LogP contribution in [0, 0.1) is 5.92 Å². The summed E-state index contributed by atoms with van der Waals surface area (Å²) in [6, 6.07) is 6.89. The van der Waals surface area contributed by atoms with Crippen molar-refractivity contribution in [3.05, 3.63) is 62.6 Å². The first-order valence-corrected chi connectivity index (χ1v) is 13.7. The molecule has 3 rings (SSSR count). The van der Waals surface area contributed by atoms with E-state index < -0.39 is 30.7 Å². The number of aliphatic hydroxyl groups is 1. The number of carbonyl (C=O) groups excluding carboxylic acids is 1. The first-order valence-electron chi connectivity index (χ1n) is 12.9. The molecule has 0 bridgehead atoms. The predicted molar refractivity (Wildman–Crippen MR) is 152 cm³/mol. The molecular formula is C27H34Cl2FN5O5. The van der Waals surface area contributed by atoms with Gasteiger partial charge in [0.2, 0.25) is 0 Å². The Morgan fingerprint density at radius 2 is 2.00 bits per heavy atom. The molecule has 0 saturated heterocycles. The van der Waals surface area contributed by atoms with E-state index in [1.165, 1.54) is 0 Å². The molecule has 0 radical (unpaired) electrons. The molecule has 3 atom stereocenters. The average Bonchev–Trinajstić information content (AvgIpc) is 2.92. The van der Waals surface area contributed by atoms with Crippen LogP contribution < -0.4 is 21.7 Å². The van der Waals surface area contributed by atoms with Gasteiger partial charge in [-0.2, -0.15) is 0 Å². The van der Waals surface area contributed by atoms with E-state index in [-0.39, 0.29) is 53.0 Å². The highest BCUT2D eigenvalue weighted by Gasteiger charge is 2.29. The summed E-state index contributed by atoms with van der Waals surface area (Å²) in [5.41, 5.74) is 7.74. The highest BCUT2D eigenvalue weighted by molar-refractivity contribution is 6.40. The number of nitrogens with two attached hydrogens (primary N) is 1. The fraction of sp³-hybridized carbons (Fsp3) is 0.444. The number of aliphatic imine (C=N–C) groups is 1. The van der Waals surface area contributed by atoms with Gasteiger partial charge in [0, 0.05) is 13.1 Å². The molecule has 0 aliphatic heterocycles. The van der Waals surface area contributed by atoms with Crippen LogP contribution in [0.2, 0.25) is 10.0 Å². The number of nitrogens with one attached hydrogen (secondary N) is 3. The van der Waals surface area contributed by atoms with Gasteiger partial charge in [-0.15, -0.1) is 0 Å². The van der Waals surface area contributed by atoms with Gasteiger partial charge in [0.15, 0.2) is 5.96 Å². The van der Waals surface area contributed by atoms with Crippen molar-refractivity contribution in [2.45, 2.75) is 44.2 Å². The summed E-state index contributed by atoms with van der Waals surface area (Å²) in [5, 5.41) is 37.9. The summed E-state index contributed by atoms with van der Waals surface area (Å²) in [6.07, 6.45) is 2.63. The number of hydrogen-bond acceptors (Lipinski definition) is 6. The van der Waals surface area contributed by atoms with Crippen molar-refractivity contribution in [3.63, 3.8) is 0 Å². The SMILES string of the molecule is NC/N=C(/NCCF)NC[C@H](NC(=O)c1c(Cl)cc2c(c1Cl)CCC(CCC(O)c1cccc(O)c1)C2)C(=O)O. The van der Waals surface area contributed by atoms with E-state index in [2.05, 4.69) is 20.9 Å². The molecule has 2 unspecified atom stereocenters. The second-order valence-electron chi connectivity index (χ2n) is 9.53. The number of fused-ring (bicyclic) bond motifs is 1. The number of carboxylic acid groups (broad SMARTS) is 1. The number of aliphatic carboxylic acids is 1. The van der Waals surface area contributed by atoms with E-state index in [0.29, 0.717) is 24.8 Å². The van der Waals surface area contributed by atoms with Crippen LogP contribution in [0.15, 0.2) is 35.3 Å². The van der Waals surface area contributed by atoms with E-state index in [9.17, 15) is 29.3 Å². The van der Waals surface area contributed by atoms with Crippen LogP contribution >= 0.6 is 23.2 Å². The van der Waals surface area contributed by atoms with Crippen LogP contribution in [0.3, 0.4) is 0 Å². The Morgan fingerprint density at radius 3 is 2.67 bits per heavy atom. The number of hydrogen-bond donors (Lipinski definition) is 7. The van der Waals surface area contributed by atoms with Crippen LogP contribution in [0.4, 0.5) is 4.39 Å². The molecule has 0 heterocycles. The van der Waals surface area contributed by atoms with Crippen LogP contribution in [0.5, 0.6) is 5.75 Å². The number of benzene rings is 2. The molecule has 2 aromatic rings. The zero-order valence-electron chi connectivity index (χ0n) is 21.8. The molecule has 0 spiro atoms. The summed E-state index contributed by atoms with van der Waals surface area (Å²) >= 11 is 13.1. The molecule has 10 nitrogen and oxygen atoms in total. The third kappa shape index (κ3) is 8.44. The lowest BCUT2D eigenvalue weighted by Gasteiger charge is -2.27. The van der Waals surface area contributed by atoms with Gasteiger partial charge in [0.05, 0.1) is 28.4 Å². The van der Waals surface area contributed by atoms with Crippen molar-refractivity contribution in [3.8, 4) is 5.75 Å². The van der Waals surface area contributed by atoms with Gasteiger partial charge in [0.25, 0.3) is 5.91 Å². The topological polar surface area (TPSA) is 169 Å². The van der Waals surface area contributed by atoms with Gasteiger partial charge in [-0.3, -0.25) is 4.79 Å². The molecule has 1 amide bonds. The van der Waals surface area contributed by atoms with E-state index in [1.54, 1.807) is 30.3 Å².